The Balaban J connectivity index is 2.14. The monoisotopic (exact) mass is 269 g/mol. The van der Waals surface area contributed by atoms with E-state index >= 15 is 0 Å². The maximum Gasteiger partial charge on any atom is 0.208 e. The Labute approximate surface area is 113 Å². The van der Waals surface area contributed by atoms with Crippen molar-refractivity contribution < 1.29 is 4.74 Å². The second-order valence-corrected chi connectivity index (χ2v) is 7.17. The second kappa shape index (κ2) is 4.78. The lowest BCUT2D eigenvalue weighted by molar-refractivity contribution is -0.0441. The average molecular weight is 269 g/mol. The third-order valence-electron chi connectivity index (χ3n) is 3.41. The van der Waals surface area contributed by atoms with Gasteiger partial charge in [-0.1, -0.05) is 39.0 Å². The van der Waals surface area contributed by atoms with Crippen LogP contribution in [0.15, 0.2) is 0 Å². The summed E-state index contributed by atoms with van der Waals surface area (Å²) in [4.78, 5) is 2.31. The van der Waals surface area contributed by atoms with Crippen LogP contribution in [0.2, 0.25) is 0 Å². The first kappa shape index (κ1) is 13.7. The summed E-state index contributed by atoms with van der Waals surface area (Å²) in [6, 6.07) is 0. The zero-order chi connectivity index (χ0) is 13.4. The Morgan fingerprint density at radius 1 is 1.39 bits per heavy atom. The molecule has 4 nitrogen and oxygen atoms in total. The van der Waals surface area contributed by atoms with Gasteiger partial charge in [0.15, 0.2) is 0 Å². The second-order valence-electron chi connectivity index (χ2n) is 6.21. The van der Waals surface area contributed by atoms with E-state index in [9.17, 15) is 0 Å². The fourth-order valence-corrected chi connectivity index (χ4v) is 2.88. The van der Waals surface area contributed by atoms with Gasteiger partial charge in [-0.05, 0) is 13.3 Å². The topological polar surface area (TPSA) is 38.2 Å². The number of rotatable bonds is 2. The Hall–Kier alpha value is -0.680. The van der Waals surface area contributed by atoms with Crippen LogP contribution < -0.4 is 4.90 Å². The molecule has 1 fully saturated rings. The number of ether oxygens (including phenoxy) is 1. The van der Waals surface area contributed by atoms with Gasteiger partial charge in [0.25, 0.3) is 0 Å². The van der Waals surface area contributed by atoms with Gasteiger partial charge < -0.3 is 9.64 Å². The van der Waals surface area contributed by atoms with Gasteiger partial charge in [0.1, 0.15) is 5.01 Å². The zero-order valence-electron chi connectivity index (χ0n) is 12.0. The van der Waals surface area contributed by atoms with E-state index in [0.717, 1.165) is 36.3 Å². The molecule has 0 aromatic carbocycles. The predicted octanol–water partition coefficient (Wildman–Crippen LogP) is 2.84. The van der Waals surface area contributed by atoms with Gasteiger partial charge in [0, 0.05) is 18.5 Å². The number of hydrogen-bond acceptors (Lipinski definition) is 5. The molecule has 5 heteroatoms. The third-order valence-corrected chi connectivity index (χ3v) is 4.82. The third kappa shape index (κ3) is 2.83. The molecule has 1 saturated heterocycles. The van der Waals surface area contributed by atoms with E-state index < -0.39 is 0 Å². The summed E-state index contributed by atoms with van der Waals surface area (Å²) in [5.41, 5.74) is 0.0298. The Kier molecular flexibility index (Phi) is 3.65. The maximum absolute atomic E-state index is 5.86. The first-order valence-corrected chi connectivity index (χ1v) is 7.39. The van der Waals surface area contributed by atoms with Crippen LogP contribution in [0.1, 0.15) is 46.0 Å². The molecular formula is C13H23N3OS. The van der Waals surface area contributed by atoms with Crippen LogP contribution in [-0.2, 0) is 10.2 Å². The molecule has 1 aliphatic heterocycles. The highest BCUT2D eigenvalue weighted by molar-refractivity contribution is 7.15. The maximum atomic E-state index is 5.86. The number of morpholine rings is 1. The smallest absolute Gasteiger partial charge is 0.208 e. The van der Waals surface area contributed by atoms with Crippen molar-refractivity contribution in [1.82, 2.24) is 10.2 Å². The van der Waals surface area contributed by atoms with Gasteiger partial charge >= 0.3 is 0 Å². The van der Waals surface area contributed by atoms with Gasteiger partial charge in [-0.15, -0.1) is 10.2 Å². The molecule has 18 heavy (non-hydrogen) atoms. The molecule has 0 spiro atoms. The minimum Gasteiger partial charge on any atom is -0.372 e. The van der Waals surface area contributed by atoms with Crippen molar-refractivity contribution in [2.45, 2.75) is 52.1 Å². The molecule has 0 amide bonds. The summed E-state index contributed by atoms with van der Waals surface area (Å²) >= 11 is 1.71. The lowest BCUT2D eigenvalue weighted by Crippen LogP contribution is -2.49. The van der Waals surface area contributed by atoms with E-state index in [4.69, 9.17) is 4.74 Å². The zero-order valence-corrected chi connectivity index (χ0v) is 12.8. The van der Waals surface area contributed by atoms with Crippen LogP contribution in [0, 0.1) is 0 Å². The first-order valence-electron chi connectivity index (χ1n) is 6.57. The number of nitrogens with zero attached hydrogens (tertiary/aromatic N) is 3. The van der Waals surface area contributed by atoms with E-state index in [1.165, 1.54) is 0 Å². The van der Waals surface area contributed by atoms with Crippen LogP contribution in [-0.4, -0.2) is 35.5 Å². The summed E-state index contributed by atoms with van der Waals surface area (Å²) in [5, 5.41) is 10.8. The van der Waals surface area contributed by atoms with Crippen molar-refractivity contribution in [3.63, 3.8) is 0 Å². The summed E-state index contributed by atoms with van der Waals surface area (Å²) in [6.45, 7) is 13.5. The average Bonchev–Trinajstić information content (AvgIpc) is 2.78. The molecule has 1 unspecified atom stereocenters. The standard InChI is InChI=1S/C13H23N3OS/c1-6-13(5)9-16(7-8-17-13)11-15-14-10(18-11)12(2,3)4/h6-9H2,1-5H3. The molecule has 1 aliphatic rings. The highest BCUT2D eigenvalue weighted by atomic mass is 32.1. The van der Waals surface area contributed by atoms with Gasteiger partial charge in [-0.2, -0.15) is 0 Å². The molecule has 0 saturated carbocycles. The Morgan fingerprint density at radius 2 is 2.11 bits per heavy atom. The van der Waals surface area contributed by atoms with Gasteiger partial charge in [-0.3, -0.25) is 0 Å². The molecule has 1 aromatic heterocycles. The number of anilines is 1. The number of aromatic nitrogens is 2. The predicted molar refractivity (Wildman–Crippen MR) is 75.5 cm³/mol. The van der Waals surface area contributed by atoms with Gasteiger partial charge in [0.2, 0.25) is 5.13 Å². The van der Waals surface area contributed by atoms with Crippen LogP contribution in [0.3, 0.4) is 0 Å². The SMILES string of the molecule is CCC1(C)CN(c2nnc(C(C)(C)C)s2)CCO1. The van der Waals surface area contributed by atoms with Crippen molar-refractivity contribution in [2.24, 2.45) is 0 Å². The van der Waals surface area contributed by atoms with Gasteiger partial charge in [-0.25, -0.2) is 0 Å². The molecule has 0 bridgehead atoms. The largest absolute Gasteiger partial charge is 0.372 e. The summed E-state index contributed by atoms with van der Waals surface area (Å²) in [5.74, 6) is 0. The molecule has 0 N–H and O–H groups in total. The first-order chi connectivity index (χ1) is 8.34. The van der Waals surface area contributed by atoms with E-state index in [1.54, 1.807) is 11.3 Å². The normalized spacial score (nSPS) is 25.5. The minimum absolute atomic E-state index is 0.0498. The summed E-state index contributed by atoms with van der Waals surface area (Å²) < 4.78 is 5.86. The Morgan fingerprint density at radius 3 is 2.67 bits per heavy atom. The molecule has 1 atom stereocenters. The molecule has 102 valence electrons. The van der Waals surface area contributed by atoms with Crippen molar-refractivity contribution in [2.75, 3.05) is 24.6 Å². The number of hydrogen-bond donors (Lipinski definition) is 0. The quantitative estimate of drug-likeness (QED) is 0.827. The molecular weight excluding hydrogens is 246 g/mol. The lowest BCUT2D eigenvalue weighted by atomic mass is 9.98. The molecule has 0 radical (unpaired) electrons. The van der Waals surface area contributed by atoms with Crippen molar-refractivity contribution in [3.05, 3.63) is 5.01 Å². The van der Waals surface area contributed by atoms with Crippen LogP contribution in [0.25, 0.3) is 0 Å². The molecule has 2 rings (SSSR count). The minimum atomic E-state index is -0.0498. The summed E-state index contributed by atoms with van der Waals surface area (Å²) in [7, 11) is 0. The molecule has 0 aliphatic carbocycles. The van der Waals surface area contributed by atoms with E-state index in [1.807, 2.05) is 0 Å². The van der Waals surface area contributed by atoms with E-state index in [-0.39, 0.29) is 11.0 Å². The highest BCUT2D eigenvalue weighted by Crippen LogP contribution is 2.32. The Bertz CT molecular complexity index is 413. The fourth-order valence-electron chi connectivity index (χ4n) is 1.95. The fraction of sp³-hybridized carbons (Fsp3) is 0.846. The van der Waals surface area contributed by atoms with Crippen molar-refractivity contribution in [1.29, 1.82) is 0 Å². The molecule has 2 heterocycles. The molecule has 1 aromatic rings. The summed E-state index contributed by atoms with van der Waals surface area (Å²) in [6.07, 6.45) is 1.02. The lowest BCUT2D eigenvalue weighted by Gasteiger charge is -2.39. The van der Waals surface area contributed by atoms with Crippen molar-refractivity contribution >= 4 is 16.5 Å². The van der Waals surface area contributed by atoms with Crippen LogP contribution in [0.5, 0.6) is 0 Å². The van der Waals surface area contributed by atoms with E-state index in [0.29, 0.717) is 0 Å². The van der Waals surface area contributed by atoms with Crippen LogP contribution in [0.4, 0.5) is 5.13 Å². The highest BCUT2D eigenvalue weighted by Gasteiger charge is 2.32. The van der Waals surface area contributed by atoms with Crippen molar-refractivity contribution in [3.8, 4) is 0 Å². The van der Waals surface area contributed by atoms with Crippen LogP contribution >= 0.6 is 11.3 Å². The van der Waals surface area contributed by atoms with E-state index in [2.05, 4.69) is 49.7 Å². The van der Waals surface area contributed by atoms with Gasteiger partial charge in [0.05, 0.1) is 12.2 Å².